The first-order chi connectivity index (χ1) is 8.81. The molecule has 106 valence electrons. The molecule has 1 heterocycles. The lowest BCUT2D eigenvalue weighted by molar-refractivity contribution is 0.0701. The highest BCUT2D eigenvalue weighted by atomic mass is 32.1. The summed E-state index contributed by atoms with van der Waals surface area (Å²) < 4.78 is 0. The summed E-state index contributed by atoms with van der Waals surface area (Å²) in [6, 6.07) is -0.182. The number of rotatable bonds is 5. The third-order valence-electron chi connectivity index (χ3n) is 2.41. The molecule has 6 nitrogen and oxygen atoms in total. The summed E-state index contributed by atoms with van der Waals surface area (Å²) in [4.78, 5) is 28.6. The second kappa shape index (κ2) is 6.51. The molecule has 19 heavy (non-hydrogen) atoms. The Balaban J connectivity index is 2.55. The van der Waals surface area contributed by atoms with Crippen LogP contribution >= 0.6 is 11.3 Å². The van der Waals surface area contributed by atoms with E-state index in [4.69, 9.17) is 5.11 Å². The van der Waals surface area contributed by atoms with E-state index >= 15 is 0 Å². The van der Waals surface area contributed by atoms with Gasteiger partial charge in [-0.05, 0) is 12.8 Å². The Labute approximate surface area is 116 Å². The van der Waals surface area contributed by atoms with Gasteiger partial charge in [-0.25, -0.2) is 14.6 Å². The fraction of sp³-hybridized carbons (Fsp3) is 0.583. The summed E-state index contributed by atoms with van der Waals surface area (Å²) in [7, 11) is 1.73. The standard InChI is InChI=1S/C12H19N3O3S/c1-7(2)6-15(4)12(18)13-5-9-14-8(3)10(19-9)11(16)17/h7H,5-6H2,1-4H3,(H,13,18)(H,16,17). The molecule has 0 aliphatic carbocycles. The summed E-state index contributed by atoms with van der Waals surface area (Å²) in [5.41, 5.74) is 0.484. The highest BCUT2D eigenvalue weighted by Gasteiger charge is 2.15. The van der Waals surface area contributed by atoms with Crippen molar-refractivity contribution >= 4 is 23.3 Å². The quantitative estimate of drug-likeness (QED) is 0.866. The molecular formula is C12H19N3O3S. The molecule has 0 radical (unpaired) electrons. The van der Waals surface area contributed by atoms with Gasteiger partial charge in [-0.1, -0.05) is 13.8 Å². The van der Waals surface area contributed by atoms with Crippen LogP contribution in [0.2, 0.25) is 0 Å². The Bertz CT molecular complexity index is 471. The van der Waals surface area contributed by atoms with Gasteiger partial charge in [-0.3, -0.25) is 0 Å². The molecule has 0 saturated carbocycles. The number of nitrogens with zero attached hydrogens (tertiary/aromatic N) is 2. The molecule has 1 aromatic rings. The van der Waals surface area contributed by atoms with Gasteiger partial charge in [0, 0.05) is 13.6 Å². The number of aromatic nitrogens is 1. The second-order valence-corrected chi connectivity index (χ2v) is 5.84. The predicted molar refractivity (Wildman–Crippen MR) is 73.5 cm³/mol. The zero-order chi connectivity index (χ0) is 14.6. The molecule has 0 aromatic carbocycles. The molecule has 1 aromatic heterocycles. The lowest BCUT2D eigenvalue weighted by atomic mass is 10.2. The molecule has 2 N–H and O–H groups in total. The fourth-order valence-corrected chi connectivity index (χ4v) is 2.49. The first-order valence-corrected chi connectivity index (χ1v) is 6.81. The molecule has 0 aliphatic heterocycles. The maximum absolute atomic E-state index is 11.8. The van der Waals surface area contributed by atoms with Crippen molar-refractivity contribution in [3.63, 3.8) is 0 Å². The smallest absolute Gasteiger partial charge is 0.347 e. The maximum atomic E-state index is 11.8. The Morgan fingerprint density at radius 2 is 2.11 bits per heavy atom. The summed E-state index contributed by atoms with van der Waals surface area (Å²) >= 11 is 1.09. The van der Waals surface area contributed by atoms with Gasteiger partial charge in [0.2, 0.25) is 0 Å². The minimum Gasteiger partial charge on any atom is -0.477 e. The topological polar surface area (TPSA) is 82.5 Å². The van der Waals surface area contributed by atoms with E-state index in [-0.39, 0.29) is 17.5 Å². The third kappa shape index (κ3) is 4.51. The van der Waals surface area contributed by atoms with Crippen LogP contribution < -0.4 is 5.32 Å². The predicted octanol–water partition coefficient (Wildman–Crippen LogP) is 1.95. The molecule has 0 bridgehead atoms. The largest absolute Gasteiger partial charge is 0.477 e. The Morgan fingerprint density at radius 3 is 2.58 bits per heavy atom. The molecule has 2 amide bonds. The molecule has 0 aliphatic rings. The van der Waals surface area contributed by atoms with Crippen molar-refractivity contribution < 1.29 is 14.7 Å². The fourth-order valence-electron chi connectivity index (χ4n) is 1.64. The number of carboxylic acid groups (broad SMARTS) is 1. The SMILES string of the molecule is Cc1nc(CNC(=O)N(C)CC(C)C)sc1C(=O)O. The zero-order valence-electron chi connectivity index (χ0n) is 11.6. The zero-order valence-corrected chi connectivity index (χ0v) is 12.4. The average molecular weight is 285 g/mol. The number of carbonyl (C=O) groups excluding carboxylic acids is 1. The van der Waals surface area contributed by atoms with Crippen LogP contribution in [0.3, 0.4) is 0 Å². The first-order valence-electron chi connectivity index (χ1n) is 5.99. The average Bonchev–Trinajstić information content (AvgIpc) is 2.66. The van der Waals surface area contributed by atoms with Gasteiger partial charge < -0.3 is 15.3 Å². The van der Waals surface area contributed by atoms with Gasteiger partial charge in [-0.2, -0.15) is 0 Å². The van der Waals surface area contributed by atoms with Crippen LogP contribution in [0.5, 0.6) is 0 Å². The van der Waals surface area contributed by atoms with Crippen LogP contribution in [-0.4, -0.2) is 40.6 Å². The molecule has 0 atom stereocenters. The molecule has 0 saturated heterocycles. The van der Waals surface area contributed by atoms with E-state index in [0.717, 1.165) is 11.3 Å². The number of hydrogen-bond acceptors (Lipinski definition) is 4. The van der Waals surface area contributed by atoms with Gasteiger partial charge in [0.15, 0.2) is 0 Å². The number of carbonyl (C=O) groups is 2. The van der Waals surface area contributed by atoms with E-state index in [9.17, 15) is 9.59 Å². The van der Waals surface area contributed by atoms with Crippen LogP contribution in [0.25, 0.3) is 0 Å². The van der Waals surface area contributed by atoms with Gasteiger partial charge in [0.1, 0.15) is 9.88 Å². The lowest BCUT2D eigenvalue weighted by Crippen LogP contribution is -2.38. The Morgan fingerprint density at radius 1 is 1.47 bits per heavy atom. The van der Waals surface area contributed by atoms with Crippen molar-refractivity contribution in [3.8, 4) is 0 Å². The van der Waals surface area contributed by atoms with Crippen LogP contribution in [-0.2, 0) is 6.54 Å². The highest BCUT2D eigenvalue weighted by molar-refractivity contribution is 7.13. The van der Waals surface area contributed by atoms with Gasteiger partial charge >= 0.3 is 12.0 Å². The van der Waals surface area contributed by atoms with Gasteiger partial charge in [0.05, 0.1) is 12.2 Å². The van der Waals surface area contributed by atoms with Crippen LogP contribution in [0.15, 0.2) is 0 Å². The Hall–Kier alpha value is -1.63. The monoisotopic (exact) mass is 285 g/mol. The van der Waals surface area contributed by atoms with Crippen LogP contribution in [0, 0.1) is 12.8 Å². The van der Waals surface area contributed by atoms with E-state index in [1.807, 2.05) is 13.8 Å². The summed E-state index contributed by atoms with van der Waals surface area (Å²) in [6.07, 6.45) is 0. The molecular weight excluding hydrogens is 266 g/mol. The molecule has 1 rings (SSSR count). The van der Waals surface area contributed by atoms with E-state index in [2.05, 4.69) is 10.3 Å². The van der Waals surface area contributed by atoms with E-state index in [1.165, 1.54) is 0 Å². The Kier molecular flexibility index (Phi) is 5.29. The molecule has 7 heteroatoms. The number of urea groups is 1. The number of aromatic carboxylic acids is 1. The lowest BCUT2D eigenvalue weighted by Gasteiger charge is -2.19. The number of hydrogen-bond donors (Lipinski definition) is 2. The van der Waals surface area contributed by atoms with Crippen LogP contribution in [0.1, 0.15) is 34.2 Å². The molecule has 0 fully saturated rings. The molecule has 0 spiro atoms. The van der Waals surface area contributed by atoms with Crippen molar-refractivity contribution in [1.29, 1.82) is 0 Å². The van der Waals surface area contributed by atoms with Gasteiger partial charge in [0.25, 0.3) is 0 Å². The van der Waals surface area contributed by atoms with Crippen molar-refractivity contribution in [2.45, 2.75) is 27.3 Å². The second-order valence-electron chi connectivity index (χ2n) is 4.76. The highest BCUT2D eigenvalue weighted by Crippen LogP contribution is 2.17. The van der Waals surface area contributed by atoms with Crippen molar-refractivity contribution in [3.05, 3.63) is 15.6 Å². The third-order valence-corrected chi connectivity index (χ3v) is 3.56. The van der Waals surface area contributed by atoms with Crippen LogP contribution in [0.4, 0.5) is 4.79 Å². The number of amides is 2. The van der Waals surface area contributed by atoms with Crippen molar-refractivity contribution in [2.24, 2.45) is 5.92 Å². The minimum absolute atomic E-state index is 0.182. The van der Waals surface area contributed by atoms with Crippen molar-refractivity contribution in [2.75, 3.05) is 13.6 Å². The summed E-state index contributed by atoms with van der Waals surface area (Å²) in [5, 5.41) is 12.2. The van der Waals surface area contributed by atoms with E-state index in [1.54, 1.807) is 18.9 Å². The van der Waals surface area contributed by atoms with Gasteiger partial charge in [-0.15, -0.1) is 11.3 Å². The van der Waals surface area contributed by atoms with E-state index in [0.29, 0.717) is 23.2 Å². The number of thiazole rings is 1. The number of nitrogens with one attached hydrogen (secondary N) is 1. The molecule has 0 unspecified atom stereocenters. The number of aryl methyl sites for hydroxylation is 1. The minimum atomic E-state index is -0.982. The summed E-state index contributed by atoms with van der Waals surface area (Å²) in [6.45, 7) is 6.64. The maximum Gasteiger partial charge on any atom is 0.347 e. The normalized spacial score (nSPS) is 10.6. The first kappa shape index (κ1) is 15.4. The summed E-state index contributed by atoms with van der Waals surface area (Å²) in [5.74, 6) is -0.582. The van der Waals surface area contributed by atoms with Crippen molar-refractivity contribution in [1.82, 2.24) is 15.2 Å². The number of carboxylic acids is 1. The van der Waals surface area contributed by atoms with E-state index < -0.39 is 5.97 Å².